The van der Waals surface area contributed by atoms with Gasteiger partial charge in [0.2, 0.25) is 0 Å². The number of anilines is 1. The molecule has 0 radical (unpaired) electrons. The molecule has 0 N–H and O–H groups in total. The number of allylic oxidation sites excluding steroid dienone is 5. The van der Waals surface area contributed by atoms with E-state index in [2.05, 4.69) is 170 Å². The molecule has 6 aromatic rings. The van der Waals surface area contributed by atoms with Gasteiger partial charge in [0.25, 0.3) is 0 Å². The Hall–Kier alpha value is -6.36. The molecule has 5 aromatic carbocycles. The number of hydrogen-bond acceptors (Lipinski definition) is 3. The summed E-state index contributed by atoms with van der Waals surface area (Å²) in [4.78, 5) is 2.52. The van der Waals surface area contributed by atoms with Gasteiger partial charge in [-0.25, -0.2) is 0 Å². The molecule has 2 heterocycles. The first-order chi connectivity index (χ1) is 25.6. The lowest BCUT2D eigenvalue weighted by Crippen LogP contribution is -2.31. The van der Waals surface area contributed by atoms with Crippen molar-refractivity contribution in [3.63, 3.8) is 0 Å². The third-order valence-electron chi connectivity index (χ3n) is 10.6. The second-order valence-corrected chi connectivity index (χ2v) is 13.7. The third kappa shape index (κ3) is 5.36. The number of nitrogens with zero attached hydrogens (tertiary/aromatic N) is 4. The van der Waals surface area contributed by atoms with E-state index in [1.807, 2.05) is 12.1 Å². The average Bonchev–Trinajstić information content (AvgIpc) is 3.55. The first kappa shape index (κ1) is 32.8. The number of para-hydroxylation sites is 2. The summed E-state index contributed by atoms with van der Waals surface area (Å²) < 4.78 is 2.29. The molecule has 252 valence electrons. The Morgan fingerprint density at radius 2 is 1.63 bits per heavy atom. The van der Waals surface area contributed by atoms with E-state index in [1.165, 1.54) is 16.8 Å². The van der Waals surface area contributed by atoms with E-state index in [4.69, 9.17) is 0 Å². The smallest absolute Gasteiger partial charge is 0.100 e. The molecule has 0 saturated carbocycles. The van der Waals surface area contributed by atoms with Crippen LogP contribution >= 0.6 is 0 Å². The molecule has 4 heteroatoms. The molecule has 0 fully saturated rings. The average molecular weight is 673 g/mol. The molecule has 1 aromatic heterocycles. The van der Waals surface area contributed by atoms with Crippen LogP contribution in [0.5, 0.6) is 0 Å². The Morgan fingerprint density at radius 1 is 0.827 bits per heavy atom. The maximum absolute atomic E-state index is 10.9. The Kier molecular flexibility index (Phi) is 8.68. The minimum atomic E-state index is 0.133. The highest BCUT2D eigenvalue weighted by Crippen LogP contribution is 2.48. The fraction of sp³-hybridized carbons (Fsp3) is 0.167. The first-order valence-corrected chi connectivity index (χ1v) is 18.2. The number of hydrogen-bond donors (Lipinski definition) is 0. The summed E-state index contributed by atoms with van der Waals surface area (Å²) in [5.41, 5.74) is 13.5. The van der Waals surface area contributed by atoms with Gasteiger partial charge in [0.1, 0.15) is 6.07 Å². The van der Waals surface area contributed by atoms with Crippen molar-refractivity contribution < 1.29 is 0 Å². The monoisotopic (exact) mass is 672 g/mol. The second kappa shape index (κ2) is 13.7. The highest BCUT2D eigenvalue weighted by atomic mass is 15.2. The van der Waals surface area contributed by atoms with E-state index in [1.54, 1.807) is 0 Å². The summed E-state index contributed by atoms with van der Waals surface area (Å²) >= 11 is 0. The maximum Gasteiger partial charge on any atom is 0.100 e. The lowest BCUT2D eigenvalue weighted by molar-refractivity contribution is 0.738. The van der Waals surface area contributed by atoms with Gasteiger partial charge in [-0.05, 0) is 103 Å². The van der Waals surface area contributed by atoms with Crippen LogP contribution in [0.1, 0.15) is 66.8 Å². The van der Waals surface area contributed by atoms with Gasteiger partial charge < -0.3 is 9.47 Å². The fourth-order valence-electron chi connectivity index (χ4n) is 8.38. The molecule has 8 rings (SSSR count). The first-order valence-electron chi connectivity index (χ1n) is 18.2. The highest BCUT2D eigenvalue weighted by molar-refractivity contribution is 6.09. The number of rotatable bonds is 7. The summed E-state index contributed by atoms with van der Waals surface area (Å²) in [5.74, 6) is 0.248. The summed E-state index contributed by atoms with van der Waals surface area (Å²) in [7, 11) is 0. The van der Waals surface area contributed by atoms with E-state index in [-0.39, 0.29) is 12.0 Å². The van der Waals surface area contributed by atoms with Gasteiger partial charge >= 0.3 is 0 Å². The Labute approximate surface area is 306 Å². The Morgan fingerprint density at radius 3 is 2.46 bits per heavy atom. The molecule has 0 saturated heterocycles. The summed E-state index contributed by atoms with van der Waals surface area (Å²) in [6.07, 6.45) is 16.4. The third-order valence-corrected chi connectivity index (χ3v) is 10.6. The van der Waals surface area contributed by atoms with E-state index in [9.17, 15) is 10.5 Å². The van der Waals surface area contributed by atoms with Crippen molar-refractivity contribution in [3.05, 3.63) is 173 Å². The van der Waals surface area contributed by atoms with Gasteiger partial charge in [0, 0.05) is 39.3 Å². The van der Waals surface area contributed by atoms with E-state index in [0.717, 1.165) is 80.3 Å². The van der Waals surface area contributed by atoms with Crippen LogP contribution in [0.4, 0.5) is 5.69 Å². The van der Waals surface area contributed by atoms with E-state index in [0.29, 0.717) is 5.56 Å². The maximum atomic E-state index is 10.9. The minimum absolute atomic E-state index is 0.133. The zero-order valence-corrected chi connectivity index (χ0v) is 29.8. The molecule has 4 nitrogen and oxygen atoms in total. The molecule has 0 bridgehead atoms. The number of aromatic nitrogens is 1. The number of nitriles is 2. The molecule has 2 aliphatic rings. The predicted molar refractivity (Wildman–Crippen MR) is 215 cm³/mol. The minimum Gasteiger partial charge on any atom is -0.333 e. The van der Waals surface area contributed by atoms with Crippen LogP contribution in [0, 0.1) is 29.6 Å². The lowest BCUT2D eigenvalue weighted by Gasteiger charge is -2.32. The van der Waals surface area contributed by atoms with E-state index < -0.39 is 0 Å². The van der Waals surface area contributed by atoms with Crippen LogP contribution in [-0.4, -0.2) is 10.6 Å². The van der Waals surface area contributed by atoms with Gasteiger partial charge in [0.15, 0.2) is 0 Å². The lowest BCUT2D eigenvalue weighted by atomic mass is 9.85. The van der Waals surface area contributed by atoms with Crippen LogP contribution in [0.3, 0.4) is 0 Å². The second-order valence-electron chi connectivity index (χ2n) is 13.7. The molecule has 52 heavy (non-hydrogen) atoms. The van der Waals surface area contributed by atoms with Gasteiger partial charge in [-0.15, -0.1) is 0 Å². The zero-order valence-electron chi connectivity index (χ0n) is 29.8. The van der Waals surface area contributed by atoms with Crippen LogP contribution in [-0.2, 0) is 0 Å². The van der Waals surface area contributed by atoms with Crippen molar-refractivity contribution in [3.8, 4) is 29.0 Å². The highest BCUT2D eigenvalue weighted by Gasteiger charge is 2.38. The van der Waals surface area contributed by atoms with Crippen molar-refractivity contribution in [2.45, 2.75) is 52.0 Å². The van der Waals surface area contributed by atoms with Crippen LogP contribution < -0.4 is 4.90 Å². The van der Waals surface area contributed by atoms with Crippen molar-refractivity contribution in [2.24, 2.45) is 0 Å². The Bertz CT molecular complexity index is 2580. The predicted octanol–water partition coefficient (Wildman–Crippen LogP) is 12.1. The van der Waals surface area contributed by atoms with Crippen molar-refractivity contribution in [1.29, 1.82) is 10.5 Å². The normalized spacial score (nSPS) is 16.8. The SMILES string of the molecule is C/C=C\C(=C(/CCC)c1c(-c2cccc(-n3c4ccccc4c4cc(C#N)ccc43)c2)ccc(C)c1C#N)N1c2ccccc2C2C=CCC=CC21. The van der Waals surface area contributed by atoms with Gasteiger partial charge in [-0.3, -0.25) is 0 Å². The van der Waals surface area contributed by atoms with Crippen molar-refractivity contribution >= 4 is 33.1 Å². The number of benzene rings is 5. The Balaban J connectivity index is 1.39. The quantitative estimate of drug-likeness (QED) is 0.125. The fourth-order valence-corrected chi connectivity index (χ4v) is 8.38. The molecule has 2 unspecified atom stereocenters. The topological polar surface area (TPSA) is 55.8 Å². The number of fused-ring (bicyclic) bond motifs is 6. The standard InChI is InChI=1S/C48H40N4/c1-4-14-40(43(15-5-2)52-45-21-8-6-7-18-37(45)38-19-9-12-23-46(38)52)48-36(26-24-32(3)42(48)31-50)34-16-13-17-35(29-34)51-44-22-11-10-20-39(44)41-28-33(30-49)25-27-47(41)51/h5,7-13,15-29,37,45H,4,6,14H2,1-3H3/b15-5-,43-40-. The molecular weight excluding hydrogens is 633 g/mol. The van der Waals surface area contributed by atoms with Crippen LogP contribution in [0.2, 0.25) is 0 Å². The van der Waals surface area contributed by atoms with Gasteiger partial charge in [0.05, 0.1) is 34.3 Å². The van der Waals surface area contributed by atoms with Crippen LogP contribution in [0.15, 0.2) is 145 Å². The molecular formula is C48H40N4. The largest absolute Gasteiger partial charge is 0.333 e. The molecule has 1 aliphatic heterocycles. The van der Waals surface area contributed by atoms with Gasteiger partial charge in [-0.1, -0.05) is 104 Å². The molecule has 0 amide bonds. The summed E-state index contributed by atoms with van der Waals surface area (Å²) in [6, 6.07) is 41.2. The van der Waals surface area contributed by atoms with Gasteiger partial charge in [-0.2, -0.15) is 10.5 Å². The molecule has 0 spiro atoms. The number of aryl methyl sites for hydroxylation is 1. The summed E-state index contributed by atoms with van der Waals surface area (Å²) in [5, 5.41) is 22.7. The zero-order chi connectivity index (χ0) is 35.8. The molecule has 1 aliphatic carbocycles. The van der Waals surface area contributed by atoms with Crippen molar-refractivity contribution in [1.82, 2.24) is 4.57 Å². The van der Waals surface area contributed by atoms with Crippen LogP contribution in [0.25, 0.3) is 44.2 Å². The van der Waals surface area contributed by atoms with Crippen molar-refractivity contribution in [2.75, 3.05) is 4.90 Å². The summed E-state index contributed by atoms with van der Waals surface area (Å²) in [6.45, 7) is 6.36. The molecule has 2 atom stereocenters. The van der Waals surface area contributed by atoms with E-state index >= 15 is 0 Å².